The summed E-state index contributed by atoms with van der Waals surface area (Å²) in [6.45, 7) is 7.26. The van der Waals surface area contributed by atoms with Gasteiger partial charge in [-0.15, -0.1) is 0 Å². The summed E-state index contributed by atoms with van der Waals surface area (Å²) in [6.07, 6.45) is 5.50. The van der Waals surface area contributed by atoms with Crippen LogP contribution in [0.5, 0.6) is 11.5 Å². The number of nitrogens with two attached hydrogens (primary N) is 1. The molecule has 0 bridgehead atoms. The number of carbonyl (C=O) groups is 3. The van der Waals surface area contributed by atoms with Gasteiger partial charge in [-0.2, -0.15) is 0 Å². The minimum absolute atomic E-state index is 0.0408. The number of anilines is 3. The van der Waals surface area contributed by atoms with Crippen molar-refractivity contribution in [3.63, 3.8) is 0 Å². The summed E-state index contributed by atoms with van der Waals surface area (Å²) >= 11 is 0. The molecule has 6 rings (SSSR count). The van der Waals surface area contributed by atoms with E-state index in [0.29, 0.717) is 18.0 Å². The van der Waals surface area contributed by atoms with Crippen molar-refractivity contribution in [3.8, 4) is 11.5 Å². The molecule has 2 fully saturated rings. The summed E-state index contributed by atoms with van der Waals surface area (Å²) in [5.41, 5.74) is 8.78. The highest BCUT2D eigenvalue weighted by molar-refractivity contribution is 6.00. The Kier molecular flexibility index (Phi) is 7.93. The van der Waals surface area contributed by atoms with Crippen LogP contribution in [0.1, 0.15) is 37.8 Å². The Hall–Kier alpha value is -4.58. The summed E-state index contributed by atoms with van der Waals surface area (Å²) in [5.74, 6) is -0.964. The third-order valence-corrected chi connectivity index (χ3v) is 8.63. The molecule has 2 saturated heterocycles. The van der Waals surface area contributed by atoms with Crippen molar-refractivity contribution in [2.24, 2.45) is 17.1 Å². The largest absolute Gasteiger partial charge is 0.450 e. The maximum absolute atomic E-state index is 14.4. The number of aromatic nitrogens is 2. The monoisotopic (exact) mass is 601 g/mol. The maximum Gasteiger partial charge on any atom is 0.237 e. The van der Waals surface area contributed by atoms with Crippen LogP contribution in [-0.2, 0) is 27.3 Å². The van der Waals surface area contributed by atoms with E-state index in [-0.39, 0.29) is 28.7 Å². The van der Waals surface area contributed by atoms with Gasteiger partial charge in [0, 0.05) is 49.3 Å². The average Bonchev–Trinajstić information content (AvgIpc) is 3.70. The number of carbonyl (C=O) groups excluding carboxylic acids is 3. The van der Waals surface area contributed by atoms with E-state index in [9.17, 15) is 18.8 Å². The van der Waals surface area contributed by atoms with Crippen LogP contribution < -0.4 is 25.6 Å². The average molecular weight is 602 g/mol. The van der Waals surface area contributed by atoms with Crippen molar-refractivity contribution in [3.05, 3.63) is 65.9 Å². The van der Waals surface area contributed by atoms with Gasteiger partial charge in [0.1, 0.15) is 18.7 Å². The van der Waals surface area contributed by atoms with E-state index >= 15 is 0 Å². The molecule has 4 heterocycles. The van der Waals surface area contributed by atoms with Gasteiger partial charge < -0.3 is 20.7 Å². The zero-order valence-electron chi connectivity index (χ0n) is 24.9. The van der Waals surface area contributed by atoms with Gasteiger partial charge in [0.05, 0.1) is 18.3 Å². The quantitative estimate of drug-likeness (QED) is 0.381. The van der Waals surface area contributed by atoms with Crippen LogP contribution in [0.25, 0.3) is 0 Å². The van der Waals surface area contributed by atoms with Crippen molar-refractivity contribution in [2.45, 2.75) is 39.7 Å². The molecule has 230 valence electrons. The molecule has 0 aliphatic carbocycles. The highest BCUT2D eigenvalue weighted by Crippen LogP contribution is 2.44. The number of ether oxygens (including phenoxy) is 1. The number of hydrogen-bond acceptors (Lipinski definition) is 8. The molecule has 11 nitrogen and oxygen atoms in total. The Morgan fingerprint density at radius 2 is 1.95 bits per heavy atom. The highest BCUT2D eigenvalue weighted by atomic mass is 19.1. The van der Waals surface area contributed by atoms with Crippen molar-refractivity contribution < 1.29 is 23.5 Å². The summed E-state index contributed by atoms with van der Waals surface area (Å²) in [6, 6.07) is 10.1. The Morgan fingerprint density at radius 3 is 2.75 bits per heavy atom. The summed E-state index contributed by atoms with van der Waals surface area (Å²) in [5, 5.41) is 2.94. The Bertz CT molecular complexity index is 1620. The van der Waals surface area contributed by atoms with Crippen molar-refractivity contribution in [2.75, 3.05) is 47.8 Å². The molecule has 3 aliphatic heterocycles. The van der Waals surface area contributed by atoms with Crippen LogP contribution in [0.2, 0.25) is 0 Å². The fourth-order valence-corrected chi connectivity index (χ4v) is 6.51. The van der Waals surface area contributed by atoms with Gasteiger partial charge in [-0.1, -0.05) is 26.0 Å². The summed E-state index contributed by atoms with van der Waals surface area (Å²) in [7, 11) is 0. The lowest BCUT2D eigenvalue weighted by Gasteiger charge is -2.27. The van der Waals surface area contributed by atoms with Gasteiger partial charge in [0.2, 0.25) is 17.7 Å². The third-order valence-electron chi connectivity index (χ3n) is 8.63. The first-order chi connectivity index (χ1) is 21.1. The van der Waals surface area contributed by atoms with E-state index in [0.717, 1.165) is 67.8 Å². The van der Waals surface area contributed by atoms with E-state index in [1.165, 1.54) is 24.0 Å². The summed E-state index contributed by atoms with van der Waals surface area (Å²) in [4.78, 5) is 51.1. The molecule has 3 amide bonds. The van der Waals surface area contributed by atoms with E-state index in [1.54, 1.807) is 20.0 Å². The molecule has 1 aromatic heterocycles. The number of primary amides is 1. The van der Waals surface area contributed by atoms with Crippen LogP contribution in [-0.4, -0.2) is 65.3 Å². The van der Waals surface area contributed by atoms with Gasteiger partial charge in [0.25, 0.3) is 0 Å². The van der Waals surface area contributed by atoms with Crippen LogP contribution in [0.3, 0.4) is 0 Å². The van der Waals surface area contributed by atoms with E-state index < -0.39 is 24.2 Å². The van der Waals surface area contributed by atoms with Gasteiger partial charge in [-0.05, 0) is 48.7 Å². The molecule has 3 N–H and O–H groups in total. The fourth-order valence-electron chi connectivity index (χ4n) is 6.51. The lowest BCUT2D eigenvalue weighted by Crippen LogP contribution is -2.41. The minimum atomic E-state index is -0.728. The van der Waals surface area contributed by atoms with Crippen LogP contribution in [0.15, 0.2) is 48.9 Å². The van der Waals surface area contributed by atoms with E-state index in [4.69, 9.17) is 10.5 Å². The molecule has 3 aliphatic rings. The first kappa shape index (κ1) is 29.5. The van der Waals surface area contributed by atoms with Crippen molar-refractivity contribution in [1.29, 1.82) is 0 Å². The fraction of sp³-hybridized carbons (Fsp3) is 0.406. The van der Waals surface area contributed by atoms with Crippen molar-refractivity contribution in [1.82, 2.24) is 14.9 Å². The Morgan fingerprint density at radius 1 is 1.14 bits per heavy atom. The molecular weight excluding hydrogens is 565 g/mol. The predicted octanol–water partition coefficient (Wildman–Crippen LogP) is 3.48. The normalized spacial score (nSPS) is 19.5. The molecule has 1 spiro atoms. The molecule has 3 aromatic rings. The minimum Gasteiger partial charge on any atom is -0.450 e. The van der Waals surface area contributed by atoms with Gasteiger partial charge in [-0.3, -0.25) is 24.2 Å². The number of fused-ring (bicyclic) bond motifs is 1. The first-order valence-corrected chi connectivity index (χ1v) is 14.9. The lowest BCUT2D eigenvalue weighted by molar-refractivity contribution is -0.124. The number of likely N-dealkylation sites (tertiary alicyclic amines) is 1. The second kappa shape index (κ2) is 11.8. The molecule has 0 saturated carbocycles. The van der Waals surface area contributed by atoms with Gasteiger partial charge in [0.15, 0.2) is 17.3 Å². The van der Waals surface area contributed by atoms with E-state index in [1.807, 2.05) is 6.07 Å². The zero-order valence-corrected chi connectivity index (χ0v) is 24.9. The van der Waals surface area contributed by atoms with Crippen molar-refractivity contribution >= 4 is 34.9 Å². The molecule has 0 radical (unpaired) electrons. The number of rotatable bonds is 9. The van der Waals surface area contributed by atoms with E-state index in [2.05, 4.69) is 37.2 Å². The number of nitrogens with zero attached hydrogens (tertiary/aromatic N) is 5. The van der Waals surface area contributed by atoms with Gasteiger partial charge in [-0.25, -0.2) is 14.4 Å². The maximum atomic E-state index is 14.4. The lowest BCUT2D eigenvalue weighted by atomic mass is 9.86. The van der Waals surface area contributed by atoms with Crippen LogP contribution >= 0.6 is 0 Å². The number of nitrogens with one attached hydrogen (secondary N) is 1. The van der Waals surface area contributed by atoms with Crippen LogP contribution in [0.4, 0.5) is 21.6 Å². The zero-order chi connectivity index (χ0) is 31.0. The second-order valence-electron chi connectivity index (χ2n) is 12.3. The molecule has 2 aromatic carbocycles. The molecular formula is C32H36FN7O4. The number of halogens is 1. The predicted molar refractivity (Wildman–Crippen MR) is 163 cm³/mol. The molecule has 12 heteroatoms. The highest BCUT2D eigenvalue weighted by Gasteiger charge is 2.44. The van der Waals surface area contributed by atoms with Crippen LogP contribution in [0, 0.1) is 17.2 Å². The molecule has 1 atom stereocenters. The first-order valence-electron chi connectivity index (χ1n) is 14.9. The number of hydrogen-bond donors (Lipinski definition) is 2. The Balaban J connectivity index is 1.18. The number of benzene rings is 2. The summed E-state index contributed by atoms with van der Waals surface area (Å²) < 4.78 is 20.7. The molecule has 44 heavy (non-hydrogen) atoms. The SMILES string of the molecule is CC(C)C(=O)N(CC(N)=O)c1cc(F)ccc1Oc1cncnc1N1CCC2(CCN(Cc3ccc4c(c3)NC(=O)C4)C2)C1. The Labute approximate surface area is 255 Å². The smallest absolute Gasteiger partial charge is 0.237 e. The third kappa shape index (κ3) is 6.07. The van der Waals surface area contributed by atoms with Gasteiger partial charge >= 0.3 is 0 Å². The second-order valence-corrected chi connectivity index (χ2v) is 12.3. The number of amides is 3. The standard InChI is InChI=1S/C32H36FN7O4/c1-20(2)31(43)40(16-28(34)41)25-13-23(33)5-6-26(25)44-27-14-35-19-36-30(27)39-10-8-32(18-39)7-9-38(17-32)15-21-3-4-22-12-29(42)37-24(22)11-21/h3-6,11,13-14,19-20H,7-10,12,15-18H2,1-2H3,(H2,34,41)(H,37,42). The molecule has 1 unspecified atom stereocenters. The topological polar surface area (TPSA) is 134 Å².